The summed E-state index contributed by atoms with van der Waals surface area (Å²) >= 11 is 2.91. The van der Waals surface area contributed by atoms with Crippen molar-refractivity contribution in [3.8, 4) is 0 Å². The second kappa shape index (κ2) is 8.93. The number of nitrogens with zero attached hydrogens (tertiary/aromatic N) is 2. The number of carbonyl (C=O) groups is 2. The van der Waals surface area contributed by atoms with E-state index < -0.39 is 9.84 Å². The maximum absolute atomic E-state index is 13.4. The molecule has 0 aliphatic carbocycles. The van der Waals surface area contributed by atoms with Crippen LogP contribution in [0, 0.1) is 0 Å². The molecular formula is C23H20N2O4S3. The van der Waals surface area contributed by atoms with E-state index in [1.165, 1.54) is 24.3 Å². The lowest BCUT2D eigenvalue weighted by atomic mass is 10.1. The van der Waals surface area contributed by atoms with Gasteiger partial charge in [0.2, 0.25) is 0 Å². The smallest absolute Gasteiger partial charge is 0.260 e. The number of fused-ring (bicyclic) bond motifs is 1. The van der Waals surface area contributed by atoms with Crippen LogP contribution < -0.4 is 4.90 Å². The minimum absolute atomic E-state index is 0.0635. The number of rotatable bonds is 7. The van der Waals surface area contributed by atoms with Crippen LogP contribution in [0.3, 0.4) is 0 Å². The van der Waals surface area contributed by atoms with Gasteiger partial charge in [0.15, 0.2) is 20.8 Å². The molecule has 2 heterocycles. The third-order valence-electron chi connectivity index (χ3n) is 4.95. The Morgan fingerprint density at radius 3 is 2.38 bits per heavy atom. The Morgan fingerprint density at radius 1 is 1.03 bits per heavy atom. The number of anilines is 1. The largest absolute Gasteiger partial charge is 0.295 e. The third-order valence-corrected chi connectivity index (χ3v) is 8.04. The van der Waals surface area contributed by atoms with Gasteiger partial charge in [-0.15, -0.1) is 11.3 Å². The van der Waals surface area contributed by atoms with Crippen molar-refractivity contribution in [2.45, 2.75) is 18.2 Å². The molecule has 0 aliphatic rings. The average Bonchev–Trinajstić information content (AvgIpc) is 3.42. The van der Waals surface area contributed by atoms with Crippen LogP contribution in [0.4, 0.5) is 5.13 Å². The Labute approximate surface area is 194 Å². The minimum atomic E-state index is -3.34. The molecule has 0 aliphatic heterocycles. The molecule has 2 aromatic heterocycles. The molecule has 32 heavy (non-hydrogen) atoms. The molecule has 0 saturated heterocycles. The van der Waals surface area contributed by atoms with E-state index >= 15 is 0 Å². The number of aromatic nitrogens is 1. The van der Waals surface area contributed by atoms with Crippen molar-refractivity contribution < 1.29 is 18.0 Å². The highest BCUT2D eigenvalue weighted by atomic mass is 32.2. The summed E-state index contributed by atoms with van der Waals surface area (Å²) in [6.45, 7) is 1.91. The monoisotopic (exact) mass is 484 g/mol. The summed E-state index contributed by atoms with van der Waals surface area (Å²) in [7, 11) is -3.34. The molecule has 0 bridgehead atoms. The number of carbonyl (C=O) groups excluding carboxylic acids is 2. The lowest BCUT2D eigenvalue weighted by molar-refractivity contribution is 0.0983. The predicted molar refractivity (Wildman–Crippen MR) is 129 cm³/mol. The van der Waals surface area contributed by atoms with Crippen molar-refractivity contribution in [2.24, 2.45) is 0 Å². The van der Waals surface area contributed by atoms with Crippen LogP contribution in [0.25, 0.3) is 10.2 Å². The van der Waals surface area contributed by atoms with Crippen LogP contribution in [-0.2, 0) is 16.3 Å². The second-order valence-corrected chi connectivity index (χ2v) is 11.4. The SMILES string of the molecule is CC(=O)c1ccc(C(=O)N(CCc2cccs2)c2nc3ccc(S(C)(=O)=O)cc3s2)cc1. The highest BCUT2D eigenvalue weighted by Crippen LogP contribution is 2.32. The van der Waals surface area contributed by atoms with Gasteiger partial charge in [0, 0.05) is 28.8 Å². The maximum atomic E-state index is 13.4. The van der Waals surface area contributed by atoms with Crippen LogP contribution in [0.15, 0.2) is 64.9 Å². The van der Waals surface area contributed by atoms with Crippen LogP contribution in [0.5, 0.6) is 0 Å². The first-order valence-electron chi connectivity index (χ1n) is 9.78. The fourth-order valence-corrected chi connectivity index (χ4v) is 5.65. The van der Waals surface area contributed by atoms with Crippen LogP contribution in [0.1, 0.15) is 32.5 Å². The highest BCUT2D eigenvalue weighted by molar-refractivity contribution is 7.90. The lowest BCUT2D eigenvalue weighted by Gasteiger charge is -2.19. The molecule has 4 aromatic rings. The van der Waals surface area contributed by atoms with Gasteiger partial charge in [-0.05, 0) is 55.1 Å². The molecule has 0 saturated carbocycles. The fraction of sp³-hybridized carbons (Fsp3) is 0.174. The molecule has 2 aromatic carbocycles. The van der Waals surface area contributed by atoms with Gasteiger partial charge in [0.25, 0.3) is 5.91 Å². The van der Waals surface area contributed by atoms with Gasteiger partial charge in [0.1, 0.15) is 0 Å². The summed E-state index contributed by atoms with van der Waals surface area (Å²) in [5.74, 6) is -0.287. The number of thiazole rings is 1. The number of benzene rings is 2. The molecule has 0 N–H and O–H groups in total. The van der Waals surface area contributed by atoms with Crippen molar-refractivity contribution in [1.82, 2.24) is 4.98 Å². The zero-order valence-electron chi connectivity index (χ0n) is 17.4. The van der Waals surface area contributed by atoms with Crippen molar-refractivity contribution in [3.05, 3.63) is 76.0 Å². The first-order valence-corrected chi connectivity index (χ1v) is 13.4. The van der Waals surface area contributed by atoms with E-state index in [9.17, 15) is 18.0 Å². The van der Waals surface area contributed by atoms with E-state index in [0.717, 1.165) is 11.1 Å². The third kappa shape index (κ3) is 4.79. The van der Waals surface area contributed by atoms with Crippen LogP contribution in [-0.4, -0.2) is 37.9 Å². The number of hydrogen-bond acceptors (Lipinski definition) is 7. The Balaban J connectivity index is 1.71. The zero-order valence-corrected chi connectivity index (χ0v) is 19.9. The molecule has 0 radical (unpaired) electrons. The molecular weight excluding hydrogens is 464 g/mol. The van der Waals surface area contributed by atoms with Gasteiger partial charge in [-0.1, -0.05) is 29.5 Å². The van der Waals surface area contributed by atoms with Crippen molar-refractivity contribution in [1.29, 1.82) is 0 Å². The van der Waals surface area contributed by atoms with E-state index in [2.05, 4.69) is 4.98 Å². The van der Waals surface area contributed by atoms with Crippen molar-refractivity contribution in [3.63, 3.8) is 0 Å². The van der Waals surface area contributed by atoms with Crippen LogP contribution in [0.2, 0.25) is 0 Å². The van der Waals surface area contributed by atoms with E-state index in [0.29, 0.717) is 39.4 Å². The first kappa shape index (κ1) is 22.3. The Kier molecular flexibility index (Phi) is 6.23. The Hall–Kier alpha value is -2.88. The summed E-state index contributed by atoms with van der Waals surface area (Å²) in [4.78, 5) is 32.6. The number of Topliss-reactive ketones (excluding diaryl/α,β-unsaturated/α-hetero) is 1. The Morgan fingerprint density at radius 2 is 1.75 bits per heavy atom. The van der Waals surface area contributed by atoms with Gasteiger partial charge in [-0.2, -0.15) is 0 Å². The minimum Gasteiger partial charge on any atom is -0.295 e. The number of thiophene rings is 1. The average molecular weight is 485 g/mol. The fourth-order valence-electron chi connectivity index (χ4n) is 3.20. The van der Waals surface area contributed by atoms with Gasteiger partial charge in [-0.25, -0.2) is 13.4 Å². The molecule has 0 fully saturated rings. The van der Waals surface area contributed by atoms with Crippen LogP contribution >= 0.6 is 22.7 Å². The molecule has 164 valence electrons. The topological polar surface area (TPSA) is 84.4 Å². The normalized spacial score (nSPS) is 11.6. The van der Waals surface area contributed by atoms with E-state index in [-0.39, 0.29) is 16.6 Å². The lowest BCUT2D eigenvalue weighted by Crippen LogP contribution is -2.32. The number of sulfone groups is 1. The van der Waals surface area contributed by atoms with Gasteiger partial charge >= 0.3 is 0 Å². The Bertz CT molecular complexity index is 1390. The quantitative estimate of drug-likeness (QED) is 0.350. The predicted octanol–water partition coefficient (Wildman–Crippen LogP) is 4.85. The van der Waals surface area contributed by atoms with Gasteiger partial charge < -0.3 is 0 Å². The van der Waals surface area contributed by atoms with E-state index in [4.69, 9.17) is 0 Å². The van der Waals surface area contributed by atoms with Gasteiger partial charge in [0.05, 0.1) is 15.1 Å². The molecule has 1 amide bonds. The number of hydrogen-bond donors (Lipinski definition) is 0. The zero-order chi connectivity index (χ0) is 22.9. The molecule has 9 heteroatoms. The summed E-state index contributed by atoms with van der Waals surface area (Å²) in [6.07, 6.45) is 1.83. The summed E-state index contributed by atoms with van der Waals surface area (Å²) < 4.78 is 24.5. The maximum Gasteiger partial charge on any atom is 0.260 e. The van der Waals surface area contributed by atoms with Crippen molar-refractivity contribution >= 4 is 59.5 Å². The summed E-state index contributed by atoms with van der Waals surface area (Å²) in [5.41, 5.74) is 1.63. The second-order valence-electron chi connectivity index (χ2n) is 7.32. The standard InChI is InChI=1S/C23H20N2O4S3/c1-15(26)16-5-7-17(8-6-16)22(27)25(12-11-18-4-3-13-30-18)23-24-20-10-9-19(32(2,28)29)14-21(20)31-23/h3-10,13-14H,11-12H2,1-2H3. The molecule has 0 unspecified atom stereocenters. The molecule has 4 rings (SSSR count). The molecule has 6 nitrogen and oxygen atoms in total. The number of amides is 1. The summed E-state index contributed by atoms with van der Waals surface area (Å²) in [6, 6.07) is 15.3. The highest BCUT2D eigenvalue weighted by Gasteiger charge is 2.22. The van der Waals surface area contributed by atoms with Gasteiger partial charge in [-0.3, -0.25) is 14.5 Å². The van der Waals surface area contributed by atoms with Crippen molar-refractivity contribution in [2.75, 3.05) is 17.7 Å². The summed E-state index contributed by atoms with van der Waals surface area (Å²) in [5, 5.41) is 2.50. The molecule has 0 spiro atoms. The molecule has 0 atom stereocenters. The van der Waals surface area contributed by atoms with E-state index in [1.807, 2.05) is 17.5 Å². The first-order chi connectivity index (χ1) is 15.2. The van der Waals surface area contributed by atoms with E-state index in [1.54, 1.807) is 52.6 Å². The number of ketones is 1.